The Balaban J connectivity index is 1.47. The molecular formula is C24H27ClFN3O2. The summed E-state index contributed by atoms with van der Waals surface area (Å²) in [6.07, 6.45) is 4.01. The van der Waals surface area contributed by atoms with Gasteiger partial charge < -0.3 is 10.2 Å². The second-order valence-corrected chi connectivity index (χ2v) is 8.63. The summed E-state index contributed by atoms with van der Waals surface area (Å²) in [6.45, 7) is 2.54. The first-order chi connectivity index (χ1) is 15.0. The van der Waals surface area contributed by atoms with E-state index >= 15 is 0 Å². The van der Waals surface area contributed by atoms with Gasteiger partial charge in [-0.1, -0.05) is 41.9 Å². The molecule has 4 rings (SSSR count). The minimum Gasteiger partial charge on any atom is -0.351 e. The molecule has 31 heavy (non-hydrogen) atoms. The van der Waals surface area contributed by atoms with E-state index in [9.17, 15) is 14.0 Å². The lowest BCUT2D eigenvalue weighted by atomic mass is 9.91. The van der Waals surface area contributed by atoms with Gasteiger partial charge in [0.15, 0.2) is 0 Å². The molecule has 7 heteroatoms. The third-order valence-electron chi connectivity index (χ3n) is 6.12. The second-order valence-electron chi connectivity index (χ2n) is 8.22. The molecule has 2 aromatic carbocycles. The molecule has 2 heterocycles. The summed E-state index contributed by atoms with van der Waals surface area (Å²) < 4.78 is 13.2. The maximum absolute atomic E-state index is 13.5. The normalized spacial score (nSPS) is 19.0. The lowest BCUT2D eigenvalue weighted by Crippen LogP contribution is -2.50. The van der Waals surface area contributed by atoms with Crippen LogP contribution in [0.4, 0.5) is 4.39 Å². The van der Waals surface area contributed by atoms with Gasteiger partial charge in [0.05, 0.1) is 6.54 Å². The highest BCUT2D eigenvalue weighted by Crippen LogP contribution is 2.32. The fourth-order valence-corrected chi connectivity index (χ4v) is 4.70. The lowest BCUT2D eigenvalue weighted by molar-refractivity contribution is -0.139. The van der Waals surface area contributed by atoms with Crippen molar-refractivity contribution in [3.05, 3.63) is 70.0 Å². The Morgan fingerprint density at radius 2 is 1.84 bits per heavy atom. The minimum atomic E-state index is -0.441. The second kappa shape index (κ2) is 9.79. The van der Waals surface area contributed by atoms with Gasteiger partial charge in [-0.3, -0.25) is 14.5 Å². The maximum atomic E-state index is 13.5. The summed E-state index contributed by atoms with van der Waals surface area (Å²) in [5, 5.41) is 3.14. The molecule has 0 radical (unpaired) electrons. The number of benzene rings is 2. The van der Waals surface area contributed by atoms with Crippen LogP contribution in [0.2, 0.25) is 5.02 Å². The van der Waals surface area contributed by atoms with Crippen LogP contribution in [0.3, 0.4) is 0 Å². The number of fused-ring (bicyclic) bond motifs is 1. The third-order valence-corrected chi connectivity index (χ3v) is 6.47. The molecule has 2 amide bonds. The Morgan fingerprint density at radius 3 is 2.61 bits per heavy atom. The summed E-state index contributed by atoms with van der Waals surface area (Å²) in [5.41, 5.74) is 2.83. The lowest BCUT2D eigenvalue weighted by Gasteiger charge is -2.39. The number of halogens is 2. The Morgan fingerprint density at radius 1 is 1.06 bits per heavy atom. The number of carbonyl (C=O) groups is 2. The van der Waals surface area contributed by atoms with Crippen LogP contribution in [0.5, 0.6) is 0 Å². The quantitative estimate of drug-likeness (QED) is 0.766. The van der Waals surface area contributed by atoms with Crippen LogP contribution in [0.1, 0.15) is 42.0 Å². The number of likely N-dealkylation sites (tertiary alicyclic amines) is 1. The highest BCUT2D eigenvalue weighted by atomic mass is 35.5. The van der Waals surface area contributed by atoms with Crippen molar-refractivity contribution in [2.75, 3.05) is 26.2 Å². The van der Waals surface area contributed by atoms with Crippen molar-refractivity contribution in [2.24, 2.45) is 0 Å². The van der Waals surface area contributed by atoms with Gasteiger partial charge in [-0.2, -0.15) is 0 Å². The maximum Gasteiger partial charge on any atom is 0.244 e. The minimum absolute atomic E-state index is 0.0845. The first-order valence-corrected chi connectivity index (χ1v) is 11.2. The summed E-state index contributed by atoms with van der Waals surface area (Å²) in [6, 6.07) is 11.7. The molecule has 2 aliphatic heterocycles. The van der Waals surface area contributed by atoms with E-state index < -0.39 is 11.9 Å². The molecule has 0 saturated carbocycles. The summed E-state index contributed by atoms with van der Waals surface area (Å²) >= 11 is 6.06. The van der Waals surface area contributed by atoms with Gasteiger partial charge >= 0.3 is 0 Å². The van der Waals surface area contributed by atoms with Gasteiger partial charge in [-0.25, -0.2) is 4.39 Å². The Labute approximate surface area is 187 Å². The number of nitrogens with zero attached hydrogens (tertiary/aromatic N) is 2. The monoisotopic (exact) mass is 443 g/mol. The largest absolute Gasteiger partial charge is 0.351 e. The third kappa shape index (κ3) is 5.08. The summed E-state index contributed by atoms with van der Waals surface area (Å²) in [4.78, 5) is 30.1. The smallest absolute Gasteiger partial charge is 0.244 e. The van der Waals surface area contributed by atoms with Gasteiger partial charge in [0.25, 0.3) is 0 Å². The standard InChI is InChI=1S/C24H27ClFN3O2/c25-21-14-19(26)9-8-18(21)15-27-22(30)16-29-13-10-17-6-2-3-7-20(17)23(29)24(31)28-11-4-1-5-12-28/h2-3,6-9,14,23H,1,4-5,10-13,15-16H2,(H,27,30). The first kappa shape index (κ1) is 21.8. The zero-order valence-electron chi connectivity index (χ0n) is 17.4. The molecule has 1 atom stereocenters. The molecule has 5 nitrogen and oxygen atoms in total. The van der Waals surface area contributed by atoms with Crippen LogP contribution in [0, 0.1) is 5.82 Å². The molecule has 0 spiro atoms. The summed E-state index contributed by atoms with van der Waals surface area (Å²) in [5.74, 6) is -0.511. The van der Waals surface area contributed by atoms with Crippen LogP contribution in [-0.2, 0) is 22.6 Å². The number of rotatable bonds is 5. The van der Waals surface area contributed by atoms with E-state index in [1.165, 1.54) is 17.7 Å². The van der Waals surface area contributed by atoms with E-state index in [2.05, 4.69) is 11.4 Å². The van der Waals surface area contributed by atoms with Crippen LogP contribution in [0.25, 0.3) is 0 Å². The van der Waals surface area contributed by atoms with Crippen molar-refractivity contribution in [1.82, 2.24) is 15.1 Å². The van der Waals surface area contributed by atoms with Crippen LogP contribution < -0.4 is 5.32 Å². The van der Waals surface area contributed by atoms with E-state index in [-0.39, 0.29) is 29.9 Å². The van der Waals surface area contributed by atoms with E-state index in [1.807, 2.05) is 28.0 Å². The summed E-state index contributed by atoms with van der Waals surface area (Å²) in [7, 11) is 0. The molecule has 1 unspecified atom stereocenters. The molecular weight excluding hydrogens is 417 g/mol. The van der Waals surface area contributed by atoms with Gasteiger partial charge in [0, 0.05) is 31.2 Å². The average molecular weight is 444 g/mol. The van der Waals surface area contributed by atoms with Crippen molar-refractivity contribution in [3.8, 4) is 0 Å². The molecule has 164 valence electrons. The SMILES string of the molecule is O=C(CN1CCc2ccccc2C1C(=O)N1CCCCC1)NCc1ccc(F)cc1Cl. The Bertz CT molecular complexity index is 962. The molecule has 0 bridgehead atoms. The molecule has 1 N–H and O–H groups in total. The highest BCUT2D eigenvalue weighted by Gasteiger charge is 2.36. The first-order valence-electron chi connectivity index (χ1n) is 10.8. The number of piperidine rings is 1. The number of nitrogens with one attached hydrogen (secondary N) is 1. The zero-order valence-corrected chi connectivity index (χ0v) is 18.2. The molecule has 0 aliphatic carbocycles. The highest BCUT2D eigenvalue weighted by molar-refractivity contribution is 6.31. The predicted octanol–water partition coefficient (Wildman–Crippen LogP) is 3.71. The van der Waals surface area contributed by atoms with Gasteiger partial charge in [0.2, 0.25) is 11.8 Å². The van der Waals surface area contributed by atoms with Gasteiger partial charge in [0.1, 0.15) is 11.9 Å². The molecule has 0 aromatic heterocycles. The topological polar surface area (TPSA) is 52.7 Å². The van der Waals surface area contributed by atoms with Crippen molar-refractivity contribution < 1.29 is 14.0 Å². The predicted molar refractivity (Wildman–Crippen MR) is 118 cm³/mol. The van der Waals surface area contributed by atoms with Gasteiger partial charge in [-0.15, -0.1) is 0 Å². The molecule has 1 fully saturated rings. The average Bonchev–Trinajstić information content (AvgIpc) is 2.78. The van der Waals surface area contributed by atoms with E-state index in [4.69, 9.17) is 11.6 Å². The van der Waals surface area contributed by atoms with E-state index in [1.54, 1.807) is 6.07 Å². The fourth-order valence-electron chi connectivity index (χ4n) is 4.46. The van der Waals surface area contributed by atoms with Crippen LogP contribution in [-0.4, -0.2) is 47.8 Å². The van der Waals surface area contributed by atoms with Crippen molar-refractivity contribution in [3.63, 3.8) is 0 Å². The van der Waals surface area contributed by atoms with E-state index in [0.29, 0.717) is 12.1 Å². The Kier molecular flexibility index (Phi) is 6.88. The number of carbonyl (C=O) groups excluding carboxylic acids is 2. The van der Waals surface area contributed by atoms with Crippen LogP contribution >= 0.6 is 11.6 Å². The molecule has 1 saturated heterocycles. The molecule has 2 aliphatic rings. The van der Waals surface area contributed by atoms with Crippen molar-refractivity contribution in [1.29, 1.82) is 0 Å². The number of amides is 2. The van der Waals surface area contributed by atoms with Crippen molar-refractivity contribution in [2.45, 2.75) is 38.3 Å². The number of hydrogen-bond acceptors (Lipinski definition) is 3. The van der Waals surface area contributed by atoms with E-state index in [0.717, 1.165) is 44.3 Å². The van der Waals surface area contributed by atoms with Crippen LogP contribution in [0.15, 0.2) is 42.5 Å². The van der Waals surface area contributed by atoms with Crippen molar-refractivity contribution >= 4 is 23.4 Å². The fraction of sp³-hybridized carbons (Fsp3) is 0.417. The zero-order chi connectivity index (χ0) is 21.8. The number of hydrogen-bond donors (Lipinski definition) is 1. The van der Waals surface area contributed by atoms with Gasteiger partial charge in [-0.05, 0) is 54.5 Å². The molecule has 2 aromatic rings. The Hall–Kier alpha value is -2.44.